The van der Waals surface area contributed by atoms with Gasteiger partial charge in [-0.2, -0.15) is 0 Å². The van der Waals surface area contributed by atoms with E-state index in [1.807, 2.05) is 6.07 Å². The minimum Gasteiger partial charge on any atom is -0.495 e. The molecule has 0 radical (unpaired) electrons. The second-order valence-corrected chi connectivity index (χ2v) is 4.87. The Labute approximate surface area is 118 Å². The maximum absolute atomic E-state index is 12.2. The molecule has 0 amide bonds. The van der Waals surface area contributed by atoms with Crippen molar-refractivity contribution in [3.63, 3.8) is 0 Å². The summed E-state index contributed by atoms with van der Waals surface area (Å²) in [7, 11) is 1.49. The third kappa shape index (κ3) is 2.71. The zero-order chi connectivity index (χ0) is 13.1. The Morgan fingerprint density at radius 1 is 1.39 bits per heavy atom. The topological polar surface area (TPSA) is 39.2 Å². The van der Waals surface area contributed by atoms with Crippen LogP contribution in [-0.2, 0) is 0 Å². The van der Waals surface area contributed by atoms with Crippen molar-refractivity contribution < 1.29 is 9.53 Å². The molecule has 5 heteroatoms. The summed E-state index contributed by atoms with van der Waals surface area (Å²) in [6.07, 6.45) is 1.41. The number of carbonyl (C=O) groups is 1. The van der Waals surface area contributed by atoms with Crippen LogP contribution in [0.5, 0.6) is 5.75 Å². The van der Waals surface area contributed by atoms with Crippen LogP contribution in [0.2, 0.25) is 5.02 Å². The fraction of sp³-hybridized carbons (Fsp3) is 0.0769. The maximum Gasteiger partial charge on any atom is 0.211 e. The van der Waals surface area contributed by atoms with E-state index in [0.717, 1.165) is 4.47 Å². The number of benzene rings is 1. The molecule has 0 spiro atoms. The Bertz CT molecular complexity index is 601. The fourth-order valence-corrected chi connectivity index (χ4v) is 2.06. The lowest BCUT2D eigenvalue weighted by Gasteiger charge is -2.05. The Morgan fingerprint density at radius 3 is 2.83 bits per heavy atom. The molecule has 0 saturated heterocycles. The van der Waals surface area contributed by atoms with Gasteiger partial charge in [-0.15, -0.1) is 0 Å². The summed E-state index contributed by atoms with van der Waals surface area (Å²) in [6, 6.07) is 8.66. The standard InChI is InChI=1S/C13H9BrClNO2/c1-18-12-6-11(16-7-10(12)15)13(17)8-3-2-4-9(14)5-8/h2-7H,1H3. The SMILES string of the molecule is COc1cc(C(=O)c2cccc(Br)c2)ncc1Cl. The predicted molar refractivity (Wildman–Crippen MR) is 73.4 cm³/mol. The van der Waals surface area contributed by atoms with Crippen LogP contribution in [0, 0.1) is 0 Å². The first-order chi connectivity index (χ1) is 8.61. The molecule has 92 valence electrons. The third-order valence-corrected chi connectivity index (χ3v) is 3.14. The minimum absolute atomic E-state index is 0.175. The van der Waals surface area contributed by atoms with Crippen molar-refractivity contribution in [3.05, 3.63) is 57.3 Å². The lowest BCUT2D eigenvalue weighted by atomic mass is 10.1. The number of halogens is 2. The molecule has 18 heavy (non-hydrogen) atoms. The highest BCUT2D eigenvalue weighted by Gasteiger charge is 2.13. The average Bonchev–Trinajstić information content (AvgIpc) is 2.38. The summed E-state index contributed by atoms with van der Waals surface area (Å²) < 4.78 is 5.90. The van der Waals surface area contributed by atoms with Gasteiger partial charge in [0.15, 0.2) is 0 Å². The number of aromatic nitrogens is 1. The first-order valence-electron chi connectivity index (χ1n) is 5.11. The molecular formula is C13H9BrClNO2. The molecule has 0 fully saturated rings. The van der Waals surface area contributed by atoms with Gasteiger partial charge in [0.25, 0.3) is 0 Å². The fourth-order valence-electron chi connectivity index (χ4n) is 1.48. The van der Waals surface area contributed by atoms with E-state index < -0.39 is 0 Å². The molecule has 1 heterocycles. The summed E-state index contributed by atoms with van der Waals surface area (Å²) >= 11 is 9.19. The van der Waals surface area contributed by atoms with Crippen LogP contribution in [0.15, 0.2) is 41.0 Å². The van der Waals surface area contributed by atoms with Crippen LogP contribution < -0.4 is 4.74 Å². The van der Waals surface area contributed by atoms with Crippen molar-refractivity contribution in [1.29, 1.82) is 0 Å². The van der Waals surface area contributed by atoms with Crippen LogP contribution in [0.3, 0.4) is 0 Å². The highest BCUT2D eigenvalue weighted by atomic mass is 79.9. The molecule has 3 nitrogen and oxygen atoms in total. The van der Waals surface area contributed by atoms with Crippen LogP contribution in [0.25, 0.3) is 0 Å². The number of ketones is 1. The molecule has 0 unspecified atom stereocenters. The molecule has 0 saturated carbocycles. The number of pyridine rings is 1. The molecule has 2 rings (SSSR count). The van der Waals surface area contributed by atoms with Crippen LogP contribution in [0.1, 0.15) is 16.1 Å². The van der Waals surface area contributed by atoms with Gasteiger partial charge < -0.3 is 4.74 Å². The molecule has 1 aromatic carbocycles. The van der Waals surface area contributed by atoms with Crippen molar-refractivity contribution in [2.45, 2.75) is 0 Å². The lowest BCUT2D eigenvalue weighted by molar-refractivity contribution is 0.103. The Kier molecular flexibility index (Phi) is 3.99. The van der Waals surface area contributed by atoms with E-state index in [1.165, 1.54) is 19.4 Å². The van der Waals surface area contributed by atoms with Gasteiger partial charge in [0.05, 0.1) is 13.3 Å². The second kappa shape index (κ2) is 5.50. The van der Waals surface area contributed by atoms with Gasteiger partial charge >= 0.3 is 0 Å². The van der Waals surface area contributed by atoms with Crippen molar-refractivity contribution in [1.82, 2.24) is 4.98 Å². The number of hydrogen-bond donors (Lipinski definition) is 0. The van der Waals surface area contributed by atoms with E-state index in [2.05, 4.69) is 20.9 Å². The van der Waals surface area contributed by atoms with E-state index in [-0.39, 0.29) is 5.78 Å². The predicted octanol–water partition coefficient (Wildman–Crippen LogP) is 3.74. The highest BCUT2D eigenvalue weighted by Crippen LogP contribution is 2.24. The molecule has 2 aromatic rings. The van der Waals surface area contributed by atoms with E-state index >= 15 is 0 Å². The van der Waals surface area contributed by atoms with E-state index in [0.29, 0.717) is 22.0 Å². The molecule has 0 N–H and O–H groups in total. The van der Waals surface area contributed by atoms with E-state index in [4.69, 9.17) is 16.3 Å². The van der Waals surface area contributed by atoms with Crippen LogP contribution >= 0.6 is 27.5 Å². The first kappa shape index (κ1) is 13.1. The zero-order valence-electron chi connectivity index (χ0n) is 9.48. The molecule has 0 aliphatic heterocycles. The molecule has 0 aliphatic rings. The van der Waals surface area contributed by atoms with Gasteiger partial charge in [0, 0.05) is 16.1 Å². The summed E-state index contributed by atoms with van der Waals surface area (Å²) in [4.78, 5) is 16.2. The summed E-state index contributed by atoms with van der Waals surface area (Å²) in [5, 5.41) is 0.378. The Morgan fingerprint density at radius 2 is 2.17 bits per heavy atom. The molecule has 0 aliphatic carbocycles. The van der Waals surface area contributed by atoms with Gasteiger partial charge in [-0.1, -0.05) is 39.7 Å². The number of carbonyl (C=O) groups excluding carboxylic acids is 1. The van der Waals surface area contributed by atoms with E-state index in [9.17, 15) is 4.79 Å². The Balaban J connectivity index is 2.40. The molecule has 1 aromatic heterocycles. The van der Waals surface area contributed by atoms with E-state index in [1.54, 1.807) is 18.2 Å². The molecular weight excluding hydrogens is 318 g/mol. The monoisotopic (exact) mass is 325 g/mol. The van der Waals surface area contributed by atoms with Crippen molar-refractivity contribution in [2.75, 3.05) is 7.11 Å². The third-order valence-electron chi connectivity index (χ3n) is 2.36. The number of ether oxygens (including phenoxy) is 1. The number of rotatable bonds is 3. The molecule has 0 bridgehead atoms. The molecule has 0 atom stereocenters. The summed E-state index contributed by atoms with van der Waals surface area (Å²) in [5.41, 5.74) is 0.857. The van der Waals surface area contributed by atoms with Crippen molar-refractivity contribution in [3.8, 4) is 5.75 Å². The van der Waals surface area contributed by atoms with Crippen molar-refractivity contribution >= 4 is 33.3 Å². The van der Waals surface area contributed by atoms with Gasteiger partial charge in [-0.25, -0.2) is 0 Å². The summed E-state index contributed by atoms with van der Waals surface area (Å²) in [5.74, 6) is 0.260. The quantitative estimate of drug-likeness (QED) is 0.807. The number of methoxy groups -OCH3 is 1. The van der Waals surface area contributed by atoms with Crippen molar-refractivity contribution in [2.24, 2.45) is 0 Å². The number of nitrogens with zero attached hydrogens (tertiary/aromatic N) is 1. The highest BCUT2D eigenvalue weighted by molar-refractivity contribution is 9.10. The Hall–Kier alpha value is -1.39. The van der Waals surface area contributed by atoms with Gasteiger partial charge in [0.2, 0.25) is 5.78 Å². The summed E-state index contributed by atoms with van der Waals surface area (Å²) in [6.45, 7) is 0. The lowest BCUT2D eigenvalue weighted by Crippen LogP contribution is -2.04. The zero-order valence-corrected chi connectivity index (χ0v) is 11.8. The van der Waals surface area contributed by atoms with Crippen LogP contribution in [-0.4, -0.2) is 17.9 Å². The average molecular weight is 327 g/mol. The largest absolute Gasteiger partial charge is 0.495 e. The first-order valence-corrected chi connectivity index (χ1v) is 6.28. The minimum atomic E-state index is -0.175. The maximum atomic E-state index is 12.2. The van der Waals surface area contributed by atoms with Gasteiger partial charge in [0.1, 0.15) is 16.5 Å². The van der Waals surface area contributed by atoms with Gasteiger partial charge in [-0.05, 0) is 12.1 Å². The normalized spacial score (nSPS) is 10.2. The second-order valence-electron chi connectivity index (χ2n) is 3.54. The smallest absolute Gasteiger partial charge is 0.211 e. The number of hydrogen-bond acceptors (Lipinski definition) is 3. The van der Waals surface area contributed by atoms with Gasteiger partial charge in [-0.3, -0.25) is 9.78 Å². The van der Waals surface area contributed by atoms with Crippen LogP contribution in [0.4, 0.5) is 0 Å².